The topological polar surface area (TPSA) is 70.2 Å². The minimum atomic E-state index is -0.141. The normalized spacial score (nSPS) is 24.1. The van der Waals surface area contributed by atoms with Crippen LogP contribution < -0.4 is 16.0 Å². The quantitative estimate of drug-likeness (QED) is 0.680. The van der Waals surface area contributed by atoms with Gasteiger partial charge in [-0.15, -0.1) is 19.0 Å². The molecule has 2 unspecified atom stereocenters. The highest BCUT2D eigenvalue weighted by Gasteiger charge is 2.34. The molecular formula is C19H26ClN3O2. The molecule has 136 valence electrons. The first kappa shape index (κ1) is 19.5. The van der Waals surface area contributed by atoms with Crippen LogP contribution in [0.1, 0.15) is 42.5 Å². The first-order valence-electron chi connectivity index (χ1n) is 8.69. The Bertz CT molecular complexity index is 606. The molecule has 25 heavy (non-hydrogen) atoms. The second-order valence-electron chi connectivity index (χ2n) is 6.80. The van der Waals surface area contributed by atoms with Crippen molar-refractivity contribution in [3.63, 3.8) is 0 Å². The molecule has 0 aromatic heterocycles. The largest absolute Gasteiger partial charge is 0.349 e. The predicted octanol–water partition coefficient (Wildman–Crippen LogP) is 2.88. The third kappa shape index (κ3) is 5.31. The molecule has 2 bridgehead atoms. The summed E-state index contributed by atoms with van der Waals surface area (Å²) in [7, 11) is 0. The van der Waals surface area contributed by atoms with Gasteiger partial charge in [-0.3, -0.25) is 9.59 Å². The molecule has 0 radical (unpaired) electrons. The summed E-state index contributed by atoms with van der Waals surface area (Å²) in [4.78, 5) is 24.1. The third-order valence-corrected chi connectivity index (χ3v) is 4.88. The minimum absolute atomic E-state index is 0. The number of benzene rings is 1. The Morgan fingerprint density at radius 1 is 1.16 bits per heavy atom. The summed E-state index contributed by atoms with van der Waals surface area (Å²) in [6.45, 7) is 4.01. The van der Waals surface area contributed by atoms with E-state index >= 15 is 0 Å². The number of halogens is 1. The SMILES string of the molecule is C=CCNC(=O)c1ccc(NC(=O)CC2CC3CCC(C2)N3)cc1.Cl. The number of piperidine rings is 1. The molecule has 1 aromatic rings. The Hall–Kier alpha value is -1.85. The van der Waals surface area contributed by atoms with Crippen LogP contribution in [-0.2, 0) is 4.79 Å². The lowest BCUT2D eigenvalue weighted by Gasteiger charge is -2.28. The van der Waals surface area contributed by atoms with Gasteiger partial charge in [0.05, 0.1) is 0 Å². The number of fused-ring (bicyclic) bond motifs is 2. The first-order chi connectivity index (χ1) is 11.6. The van der Waals surface area contributed by atoms with Crippen molar-refractivity contribution in [1.82, 2.24) is 10.6 Å². The number of anilines is 1. The van der Waals surface area contributed by atoms with E-state index in [2.05, 4.69) is 22.5 Å². The van der Waals surface area contributed by atoms with Gasteiger partial charge in [-0.25, -0.2) is 0 Å². The number of nitrogens with one attached hydrogen (secondary N) is 3. The predicted molar refractivity (Wildman–Crippen MR) is 102 cm³/mol. The molecule has 2 aliphatic rings. The Balaban J connectivity index is 0.00000225. The van der Waals surface area contributed by atoms with Crippen LogP contribution in [0, 0.1) is 5.92 Å². The zero-order chi connectivity index (χ0) is 16.9. The van der Waals surface area contributed by atoms with Gasteiger partial charge in [0.15, 0.2) is 0 Å². The molecule has 1 aromatic carbocycles. The lowest BCUT2D eigenvalue weighted by molar-refractivity contribution is -0.117. The second kappa shape index (κ2) is 9.02. The van der Waals surface area contributed by atoms with E-state index in [1.807, 2.05) is 0 Å². The Morgan fingerprint density at radius 2 is 1.80 bits per heavy atom. The van der Waals surface area contributed by atoms with E-state index < -0.39 is 0 Å². The Labute approximate surface area is 155 Å². The van der Waals surface area contributed by atoms with Gasteiger partial charge in [-0.2, -0.15) is 0 Å². The van der Waals surface area contributed by atoms with E-state index in [0.717, 1.165) is 18.5 Å². The monoisotopic (exact) mass is 363 g/mol. The molecule has 3 rings (SSSR count). The molecule has 0 spiro atoms. The van der Waals surface area contributed by atoms with Gasteiger partial charge in [0.25, 0.3) is 5.91 Å². The van der Waals surface area contributed by atoms with Crippen LogP contribution in [0.2, 0.25) is 0 Å². The lowest BCUT2D eigenvalue weighted by Crippen LogP contribution is -2.39. The van der Waals surface area contributed by atoms with Crippen molar-refractivity contribution in [2.24, 2.45) is 5.92 Å². The molecule has 0 aliphatic carbocycles. The smallest absolute Gasteiger partial charge is 0.251 e. The average Bonchev–Trinajstić information content (AvgIpc) is 2.91. The summed E-state index contributed by atoms with van der Waals surface area (Å²) < 4.78 is 0. The molecule has 3 N–H and O–H groups in total. The van der Waals surface area contributed by atoms with Gasteiger partial charge in [-0.1, -0.05) is 6.08 Å². The Morgan fingerprint density at radius 3 is 2.40 bits per heavy atom. The fraction of sp³-hybridized carbons (Fsp3) is 0.474. The van der Waals surface area contributed by atoms with Crippen molar-refractivity contribution in [3.8, 4) is 0 Å². The van der Waals surface area contributed by atoms with Gasteiger partial charge in [0.2, 0.25) is 5.91 Å². The van der Waals surface area contributed by atoms with Crippen LogP contribution in [0.25, 0.3) is 0 Å². The van der Waals surface area contributed by atoms with Crippen molar-refractivity contribution in [2.75, 3.05) is 11.9 Å². The molecule has 6 heteroatoms. The fourth-order valence-electron chi connectivity index (χ4n) is 3.79. The molecular weight excluding hydrogens is 338 g/mol. The summed E-state index contributed by atoms with van der Waals surface area (Å²) in [5.41, 5.74) is 1.31. The molecule has 2 atom stereocenters. The van der Waals surface area contributed by atoms with E-state index in [-0.39, 0.29) is 24.2 Å². The van der Waals surface area contributed by atoms with Gasteiger partial charge in [-0.05, 0) is 55.9 Å². The third-order valence-electron chi connectivity index (χ3n) is 4.88. The summed E-state index contributed by atoms with van der Waals surface area (Å²) in [6.07, 6.45) is 6.92. The van der Waals surface area contributed by atoms with Crippen LogP contribution >= 0.6 is 12.4 Å². The van der Waals surface area contributed by atoms with Crippen LogP contribution in [0.15, 0.2) is 36.9 Å². The molecule has 2 saturated heterocycles. The van der Waals surface area contributed by atoms with E-state index in [1.54, 1.807) is 30.3 Å². The van der Waals surface area contributed by atoms with E-state index in [0.29, 0.717) is 36.5 Å². The van der Waals surface area contributed by atoms with Gasteiger partial charge in [0, 0.05) is 36.3 Å². The second-order valence-corrected chi connectivity index (χ2v) is 6.80. The number of rotatable bonds is 6. The first-order valence-corrected chi connectivity index (χ1v) is 8.69. The maximum atomic E-state index is 12.3. The van der Waals surface area contributed by atoms with Crippen LogP contribution in [0.4, 0.5) is 5.69 Å². The highest BCUT2D eigenvalue weighted by molar-refractivity contribution is 5.95. The van der Waals surface area contributed by atoms with Crippen molar-refractivity contribution in [3.05, 3.63) is 42.5 Å². The van der Waals surface area contributed by atoms with Gasteiger partial charge in [0.1, 0.15) is 0 Å². The number of hydrogen-bond donors (Lipinski definition) is 3. The standard InChI is InChI=1S/C19H25N3O2.ClH/c1-2-9-20-19(24)14-3-5-15(6-4-14)22-18(23)12-13-10-16-7-8-17(11-13)21-16;/h2-6,13,16-17,21H,1,7-12H2,(H,20,24)(H,22,23);1H. The average molecular weight is 364 g/mol. The number of hydrogen-bond acceptors (Lipinski definition) is 3. The van der Waals surface area contributed by atoms with Crippen LogP contribution in [-0.4, -0.2) is 30.4 Å². The highest BCUT2D eigenvalue weighted by atomic mass is 35.5. The molecule has 2 fully saturated rings. The molecule has 2 aliphatic heterocycles. The summed E-state index contributed by atoms with van der Waals surface area (Å²) in [6, 6.07) is 8.20. The zero-order valence-corrected chi connectivity index (χ0v) is 15.1. The van der Waals surface area contributed by atoms with E-state index in [1.165, 1.54) is 12.8 Å². The zero-order valence-electron chi connectivity index (χ0n) is 14.3. The summed E-state index contributed by atoms with van der Waals surface area (Å²) in [5, 5.41) is 9.27. The molecule has 2 heterocycles. The summed E-state index contributed by atoms with van der Waals surface area (Å²) in [5.74, 6) is 0.399. The minimum Gasteiger partial charge on any atom is -0.349 e. The highest BCUT2D eigenvalue weighted by Crippen LogP contribution is 2.32. The number of amides is 2. The van der Waals surface area contributed by atoms with Crippen molar-refractivity contribution >= 4 is 29.9 Å². The molecule has 5 nitrogen and oxygen atoms in total. The maximum absolute atomic E-state index is 12.3. The molecule has 2 amide bonds. The number of carbonyl (C=O) groups is 2. The molecule has 0 saturated carbocycles. The van der Waals surface area contributed by atoms with Crippen molar-refractivity contribution in [1.29, 1.82) is 0 Å². The van der Waals surface area contributed by atoms with Crippen molar-refractivity contribution in [2.45, 2.75) is 44.2 Å². The fourth-order valence-corrected chi connectivity index (χ4v) is 3.79. The van der Waals surface area contributed by atoms with E-state index in [9.17, 15) is 9.59 Å². The van der Waals surface area contributed by atoms with Crippen molar-refractivity contribution < 1.29 is 9.59 Å². The Kier molecular flexibility index (Phi) is 7.02. The number of carbonyl (C=O) groups excluding carboxylic acids is 2. The van der Waals surface area contributed by atoms with Crippen LogP contribution in [0.3, 0.4) is 0 Å². The van der Waals surface area contributed by atoms with Crippen LogP contribution in [0.5, 0.6) is 0 Å². The lowest BCUT2D eigenvalue weighted by atomic mass is 9.89. The van der Waals surface area contributed by atoms with Gasteiger partial charge < -0.3 is 16.0 Å². The summed E-state index contributed by atoms with van der Waals surface area (Å²) >= 11 is 0. The maximum Gasteiger partial charge on any atom is 0.251 e. The van der Waals surface area contributed by atoms with Gasteiger partial charge >= 0.3 is 0 Å². The van der Waals surface area contributed by atoms with E-state index in [4.69, 9.17) is 0 Å².